The summed E-state index contributed by atoms with van der Waals surface area (Å²) in [5.74, 6) is 0.128. The summed E-state index contributed by atoms with van der Waals surface area (Å²) >= 11 is 0. The Hall–Kier alpha value is -2.57. The van der Waals surface area contributed by atoms with Crippen molar-refractivity contribution >= 4 is 29.0 Å². The van der Waals surface area contributed by atoms with Crippen LogP contribution in [-0.4, -0.2) is 35.2 Å². The number of ether oxygens (including phenoxy) is 1. The van der Waals surface area contributed by atoms with Gasteiger partial charge in [0.25, 0.3) is 0 Å². The van der Waals surface area contributed by atoms with Gasteiger partial charge in [0.15, 0.2) is 0 Å². The zero-order chi connectivity index (χ0) is 15.2. The van der Waals surface area contributed by atoms with Crippen molar-refractivity contribution in [3.05, 3.63) is 24.3 Å². The molecule has 2 aromatic rings. The molecule has 1 aromatic carbocycles. The van der Waals surface area contributed by atoms with Gasteiger partial charge in [0, 0.05) is 6.54 Å². The molecule has 1 aromatic heterocycles. The number of hydrogen-bond donors (Lipinski definition) is 2. The molecule has 21 heavy (non-hydrogen) atoms. The average Bonchev–Trinajstić information content (AvgIpc) is 2.83. The Labute approximate surface area is 122 Å². The lowest BCUT2D eigenvalue weighted by atomic mass is 10.3. The van der Waals surface area contributed by atoms with Crippen molar-refractivity contribution in [2.75, 3.05) is 19.0 Å². The molecule has 0 radical (unpaired) electrons. The molecule has 0 aliphatic rings. The molecule has 0 aliphatic carbocycles. The van der Waals surface area contributed by atoms with Crippen LogP contribution in [-0.2, 0) is 16.1 Å². The van der Waals surface area contributed by atoms with E-state index in [4.69, 9.17) is 0 Å². The zero-order valence-electron chi connectivity index (χ0n) is 12.0. The van der Waals surface area contributed by atoms with Crippen LogP contribution in [0.2, 0.25) is 0 Å². The lowest BCUT2D eigenvalue weighted by Gasteiger charge is -2.09. The van der Waals surface area contributed by atoms with Crippen molar-refractivity contribution in [2.45, 2.75) is 19.9 Å². The molecule has 0 unspecified atom stereocenters. The number of methoxy groups -OCH3 is 1. The number of amides is 2. The number of rotatable bonds is 5. The molecule has 7 nitrogen and oxygen atoms in total. The Balaban J connectivity index is 2.15. The molecule has 0 atom stereocenters. The number of carbonyl (C=O) groups is 2. The molecular weight excluding hydrogens is 272 g/mol. The summed E-state index contributed by atoms with van der Waals surface area (Å²) in [6.45, 7) is 2.64. The second kappa shape index (κ2) is 6.74. The van der Waals surface area contributed by atoms with Gasteiger partial charge in [-0.15, -0.1) is 0 Å². The minimum Gasteiger partial charge on any atom is -0.453 e. The van der Waals surface area contributed by atoms with Gasteiger partial charge in [0.1, 0.15) is 6.54 Å². The summed E-state index contributed by atoms with van der Waals surface area (Å²) in [4.78, 5) is 27.2. The van der Waals surface area contributed by atoms with Crippen molar-refractivity contribution < 1.29 is 14.3 Å². The van der Waals surface area contributed by atoms with E-state index in [-0.39, 0.29) is 12.5 Å². The Bertz CT molecular complexity index is 651. The molecule has 2 amide bonds. The fraction of sp³-hybridized carbons (Fsp3) is 0.357. The number of aryl methyl sites for hydroxylation is 1. The molecule has 2 N–H and O–H groups in total. The summed E-state index contributed by atoms with van der Waals surface area (Å²) in [5, 5.41) is 5.03. The van der Waals surface area contributed by atoms with E-state index in [9.17, 15) is 9.59 Å². The van der Waals surface area contributed by atoms with E-state index < -0.39 is 6.09 Å². The molecule has 0 saturated carbocycles. The Morgan fingerprint density at radius 3 is 2.81 bits per heavy atom. The first-order valence-electron chi connectivity index (χ1n) is 6.72. The third-order valence-corrected chi connectivity index (χ3v) is 2.93. The van der Waals surface area contributed by atoms with Crippen LogP contribution in [0.5, 0.6) is 0 Å². The van der Waals surface area contributed by atoms with Crippen molar-refractivity contribution in [2.24, 2.45) is 0 Å². The predicted molar refractivity (Wildman–Crippen MR) is 79.1 cm³/mol. The summed E-state index contributed by atoms with van der Waals surface area (Å²) < 4.78 is 6.36. The first kappa shape index (κ1) is 14.8. The molecule has 0 bridgehead atoms. The van der Waals surface area contributed by atoms with Crippen LogP contribution in [0.3, 0.4) is 0 Å². The van der Waals surface area contributed by atoms with E-state index in [0.29, 0.717) is 5.95 Å². The van der Waals surface area contributed by atoms with Gasteiger partial charge in [-0.05, 0) is 18.6 Å². The van der Waals surface area contributed by atoms with E-state index in [2.05, 4.69) is 27.3 Å². The molecule has 2 rings (SSSR count). The highest BCUT2D eigenvalue weighted by molar-refractivity contribution is 5.94. The number of hydrogen-bond acceptors (Lipinski definition) is 4. The zero-order valence-corrected chi connectivity index (χ0v) is 12.0. The van der Waals surface area contributed by atoms with Crippen LogP contribution in [0.1, 0.15) is 13.3 Å². The van der Waals surface area contributed by atoms with Gasteiger partial charge in [0.2, 0.25) is 11.9 Å². The number of benzene rings is 1. The maximum Gasteiger partial charge on any atom is 0.407 e. The van der Waals surface area contributed by atoms with Gasteiger partial charge in [-0.3, -0.25) is 10.1 Å². The number of alkyl carbamates (subject to hydrolysis) is 1. The van der Waals surface area contributed by atoms with Crippen molar-refractivity contribution in [1.82, 2.24) is 14.9 Å². The van der Waals surface area contributed by atoms with Crippen molar-refractivity contribution in [3.8, 4) is 0 Å². The standard InChI is InChI=1S/C14H18N4O3/c1-3-8-18-11-7-5-4-6-10(11)16-13(18)17-12(19)9-15-14(20)21-2/h4-7H,3,8-9H2,1-2H3,(H,15,20)(H,16,17,19). The van der Waals surface area contributed by atoms with Crippen LogP contribution < -0.4 is 10.6 Å². The maximum absolute atomic E-state index is 11.8. The maximum atomic E-state index is 11.8. The second-order valence-corrected chi connectivity index (χ2v) is 4.47. The van der Waals surface area contributed by atoms with Gasteiger partial charge in [0.05, 0.1) is 18.1 Å². The first-order chi connectivity index (χ1) is 10.2. The quantitative estimate of drug-likeness (QED) is 0.878. The van der Waals surface area contributed by atoms with Gasteiger partial charge >= 0.3 is 6.09 Å². The van der Waals surface area contributed by atoms with E-state index in [0.717, 1.165) is 24.0 Å². The molecular formula is C14H18N4O3. The summed E-state index contributed by atoms with van der Waals surface area (Å²) in [7, 11) is 1.24. The largest absolute Gasteiger partial charge is 0.453 e. The SMILES string of the molecule is CCCn1c(NC(=O)CNC(=O)OC)nc2ccccc21. The minimum absolute atomic E-state index is 0.165. The van der Waals surface area contributed by atoms with Crippen molar-refractivity contribution in [3.63, 3.8) is 0 Å². The Morgan fingerprint density at radius 1 is 1.33 bits per heavy atom. The van der Waals surface area contributed by atoms with E-state index in [1.54, 1.807) is 0 Å². The third kappa shape index (κ3) is 3.50. The number of imidazole rings is 1. The second-order valence-electron chi connectivity index (χ2n) is 4.47. The van der Waals surface area contributed by atoms with Crippen molar-refractivity contribution in [1.29, 1.82) is 0 Å². The highest BCUT2D eigenvalue weighted by atomic mass is 16.5. The number of nitrogens with one attached hydrogen (secondary N) is 2. The smallest absolute Gasteiger partial charge is 0.407 e. The number of fused-ring (bicyclic) bond motifs is 1. The Kier molecular flexibility index (Phi) is 4.76. The lowest BCUT2D eigenvalue weighted by molar-refractivity contribution is -0.115. The molecule has 0 fully saturated rings. The summed E-state index contributed by atoms with van der Waals surface area (Å²) in [6.07, 6.45) is 0.274. The fourth-order valence-corrected chi connectivity index (χ4v) is 2.01. The first-order valence-corrected chi connectivity index (χ1v) is 6.72. The number of anilines is 1. The van der Waals surface area contributed by atoms with Gasteiger partial charge in [-0.2, -0.15) is 0 Å². The number of para-hydroxylation sites is 2. The molecule has 7 heteroatoms. The highest BCUT2D eigenvalue weighted by Crippen LogP contribution is 2.19. The van der Waals surface area contributed by atoms with Gasteiger partial charge in [-0.25, -0.2) is 9.78 Å². The van der Waals surface area contributed by atoms with E-state index in [1.165, 1.54) is 7.11 Å². The van der Waals surface area contributed by atoms with Crippen LogP contribution in [0.25, 0.3) is 11.0 Å². The van der Waals surface area contributed by atoms with E-state index in [1.807, 2.05) is 28.8 Å². The fourth-order valence-electron chi connectivity index (χ4n) is 2.01. The topological polar surface area (TPSA) is 85.2 Å². The molecule has 1 heterocycles. The van der Waals surface area contributed by atoms with Gasteiger partial charge in [-0.1, -0.05) is 19.1 Å². The molecule has 112 valence electrons. The van der Waals surface area contributed by atoms with Crippen LogP contribution in [0.15, 0.2) is 24.3 Å². The van der Waals surface area contributed by atoms with Gasteiger partial charge < -0.3 is 14.6 Å². The lowest BCUT2D eigenvalue weighted by Crippen LogP contribution is -2.33. The summed E-state index contributed by atoms with van der Waals surface area (Å²) in [6, 6.07) is 7.68. The van der Waals surface area contributed by atoms with E-state index >= 15 is 0 Å². The highest BCUT2D eigenvalue weighted by Gasteiger charge is 2.13. The number of nitrogens with zero attached hydrogens (tertiary/aromatic N) is 2. The minimum atomic E-state index is -0.646. The summed E-state index contributed by atoms with van der Waals surface area (Å²) in [5.41, 5.74) is 1.79. The Morgan fingerprint density at radius 2 is 2.10 bits per heavy atom. The normalized spacial score (nSPS) is 10.4. The van der Waals surface area contributed by atoms with Crippen LogP contribution in [0, 0.1) is 0 Å². The molecule has 0 aliphatic heterocycles. The monoisotopic (exact) mass is 290 g/mol. The number of aromatic nitrogens is 2. The molecule has 0 spiro atoms. The average molecular weight is 290 g/mol. The predicted octanol–water partition coefficient (Wildman–Crippen LogP) is 1.74. The van der Waals surface area contributed by atoms with Crippen LogP contribution in [0.4, 0.5) is 10.7 Å². The third-order valence-electron chi connectivity index (χ3n) is 2.93. The molecule has 0 saturated heterocycles. The number of carbonyl (C=O) groups excluding carboxylic acids is 2. The van der Waals surface area contributed by atoms with Crippen LogP contribution >= 0.6 is 0 Å².